The normalized spacial score (nSPS) is 29.1. The molecule has 1 aromatic carbocycles. The third-order valence-electron chi connectivity index (χ3n) is 4.55. The van der Waals surface area contributed by atoms with Crippen LogP contribution in [-0.4, -0.2) is 18.7 Å². The molecule has 1 N–H and O–H groups in total. The monoisotopic (exact) mass is 343 g/mol. The number of rotatable bonds is 6. The minimum absolute atomic E-state index is 0.124. The third-order valence-corrected chi connectivity index (χ3v) is 5.20. The van der Waals surface area contributed by atoms with Gasteiger partial charge in [0.2, 0.25) is 0 Å². The van der Waals surface area contributed by atoms with Crippen molar-refractivity contribution in [3.63, 3.8) is 0 Å². The van der Waals surface area contributed by atoms with Gasteiger partial charge in [-0.3, -0.25) is 0 Å². The van der Waals surface area contributed by atoms with Crippen LogP contribution in [0.15, 0.2) is 22.7 Å². The summed E-state index contributed by atoms with van der Waals surface area (Å²) in [4.78, 5) is 0. The molecule has 1 saturated carbocycles. The summed E-state index contributed by atoms with van der Waals surface area (Å²) >= 11 is 3.16. The average Bonchev–Trinajstić information content (AvgIpc) is 2.44. The fourth-order valence-electron chi connectivity index (χ4n) is 2.82. The zero-order valence-corrected chi connectivity index (χ0v) is 14.0. The summed E-state index contributed by atoms with van der Waals surface area (Å²) in [6.45, 7) is 7.66. The highest BCUT2D eigenvalue weighted by molar-refractivity contribution is 9.10. The van der Waals surface area contributed by atoms with Crippen LogP contribution in [0.1, 0.15) is 40.0 Å². The molecule has 20 heavy (non-hydrogen) atoms. The highest BCUT2D eigenvalue weighted by Crippen LogP contribution is 2.46. The van der Waals surface area contributed by atoms with Crippen molar-refractivity contribution in [1.82, 2.24) is 5.32 Å². The van der Waals surface area contributed by atoms with Gasteiger partial charge < -0.3 is 10.1 Å². The second kappa shape index (κ2) is 6.44. The zero-order chi connectivity index (χ0) is 14.8. The standard InChI is InChI=1S/C16H23BrFNO/c1-4-8-19-14-10-15(16(14,3)5-2)20-11-6-7-12(17)13(18)9-11/h6-7,9,14-15,19H,4-5,8,10H2,1-3H3. The molecule has 2 nitrogen and oxygen atoms in total. The van der Waals surface area contributed by atoms with E-state index in [-0.39, 0.29) is 17.3 Å². The maximum Gasteiger partial charge on any atom is 0.141 e. The second-order valence-corrected chi connectivity index (χ2v) is 6.64. The SMILES string of the molecule is CCCNC1CC(Oc2ccc(Br)c(F)c2)C1(C)CC. The summed E-state index contributed by atoms with van der Waals surface area (Å²) in [6.07, 6.45) is 3.34. The van der Waals surface area contributed by atoms with Crippen molar-refractivity contribution in [2.45, 2.75) is 52.2 Å². The molecule has 3 atom stereocenters. The fourth-order valence-corrected chi connectivity index (χ4v) is 3.07. The maximum atomic E-state index is 13.5. The van der Waals surface area contributed by atoms with E-state index >= 15 is 0 Å². The predicted octanol–water partition coefficient (Wildman–Crippen LogP) is 4.52. The number of hydrogen-bond donors (Lipinski definition) is 1. The molecule has 112 valence electrons. The molecule has 0 saturated heterocycles. The molecule has 0 bridgehead atoms. The lowest BCUT2D eigenvalue weighted by Crippen LogP contribution is -2.63. The minimum Gasteiger partial charge on any atom is -0.490 e. The first-order valence-electron chi connectivity index (χ1n) is 7.36. The molecule has 0 aromatic heterocycles. The Labute approximate surface area is 129 Å². The van der Waals surface area contributed by atoms with Crippen LogP contribution in [0.4, 0.5) is 4.39 Å². The lowest BCUT2D eigenvalue weighted by molar-refractivity contribution is -0.0702. The van der Waals surface area contributed by atoms with Crippen LogP contribution in [0.25, 0.3) is 0 Å². The van der Waals surface area contributed by atoms with Crippen LogP contribution in [0.5, 0.6) is 5.75 Å². The van der Waals surface area contributed by atoms with Gasteiger partial charge in [-0.15, -0.1) is 0 Å². The Balaban J connectivity index is 2.01. The molecule has 0 spiro atoms. The van der Waals surface area contributed by atoms with Crippen LogP contribution in [0.3, 0.4) is 0 Å². The minimum atomic E-state index is -0.277. The molecule has 1 fully saturated rings. The second-order valence-electron chi connectivity index (χ2n) is 5.78. The summed E-state index contributed by atoms with van der Waals surface area (Å²) < 4.78 is 20.0. The number of hydrogen-bond acceptors (Lipinski definition) is 2. The van der Waals surface area contributed by atoms with Gasteiger partial charge in [-0.25, -0.2) is 4.39 Å². The van der Waals surface area contributed by atoms with Gasteiger partial charge in [0.25, 0.3) is 0 Å². The van der Waals surface area contributed by atoms with E-state index in [0.29, 0.717) is 16.3 Å². The van der Waals surface area contributed by atoms with Gasteiger partial charge in [0.05, 0.1) is 4.47 Å². The summed E-state index contributed by atoms with van der Waals surface area (Å²) in [5.41, 5.74) is 0.124. The van der Waals surface area contributed by atoms with E-state index in [4.69, 9.17) is 4.74 Å². The van der Waals surface area contributed by atoms with E-state index in [1.54, 1.807) is 6.07 Å². The highest BCUT2D eigenvalue weighted by Gasteiger charge is 2.51. The Morgan fingerprint density at radius 1 is 1.45 bits per heavy atom. The van der Waals surface area contributed by atoms with Crippen LogP contribution >= 0.6 is 15.9 Å². The number of benzene rings is 1. The molecular formula is C16H23BrFNO. The number of halogens is 2. The summed E-state index contributed by atoms with van der Waals surface area (Å²) in [5, 5.41) is 3.58. The van der Waals surface area contributed by atoms with Crippen LogP contribution < -0.4 is 10.1 Å². The zero-order valence-electron chi connectivity index (χ0n) is 12.4. The fraction of sp³-hybridized carbons (Fsp3) is 0.625. The van der Waals surface area contributed by atoms with Crippen molar-refractivity contribution < 1.29 is 9.13 Å². The van der Waals surface area contributed by atoms with Crippen molar-refractivity contribution in [3.05, 3.63) is 28.5 Å². The Hall–Kier alpha value is -0.610. The summed E-state index contributed by atoms with van der Waals surface area (Å²) in [7, 11) is 0. The van der Waals surface area contributed by atoms with E-state index in [9.17, 15) is 4.39 Å². The largest absolute Gasteiger partial charge is 0.490 e. The first-order chi connectivity index (χ1) is 9.51. The number of ether oxygens (including phenoxy) is 1. The molecule has 0 aliphatic heterocycles. The smallest absolute Gasteiger partial charge is 0.141 e. The Morgan fingerprint density at radius 2 is 2.20 bits per heavy atom. The number of nitrogens with one attached hydrogen (secondary N) is 1. The molecule has 3 unspecified atom stereocenters. The third kappa shape index (κ3) is 3.01. The van der Waals surface area contributed by atoms with Crippen LogP contribution in [0, 0.1) is 11.2 Å². The maximum absolute atomic E-state index is 13.5. The van der Waals surface area contributed by atoms with Gasteiger partial charge in [-0.05, 0) is 47.4 Å². The highest BCUT2D eigenvalue weighted by atomic mass is 79.9. The molecule has 2 rings (SSSR count). The van der Waals surface area contributed by atoms with Crippen molar-refractivity contribution in [1.29, 1.82) is 0 Å². The first kappa shape index (κ1) is 15.8. The Morgan fingerprint density at radius 3 is 2.80 bits per heavy atom. The average molecular weight is 344 g/mol. The van der Waals surface area contributed by atoms with E-state index in [0.717, 1.165) is 25.8 Å². The van der Waals surface area contributed by atoms with E-state index in [2.05, 4.69) is 42.0 Å². The van der Waals surface area contributed by atoms with Gasteiger partial charge >= 0.3 is 0 Å². The van der Waals surface area contributed by atoms with Gasteiger partial charge in [0.1, 0.15) is 17.7 Å². The molecule has 1 aromatic rings. The predicted molar refractivity (Wildman–Crippen MR) is 83.6 cm³/mol. The van der Waals surface area contributed by atoms with Crippen molar-refractivity contribution in [2.75, 3.05) is 6.54 Å². The molecule has 4 heteroatoms. The lowest BCUT2D eigenvalue weighted by atomic mass is 9.61. The van der Waals surface area contributed by atoms with Crippen molar-refractivity contribution in [3.8, 4) is 5.75 Å². The quantitative estimate of drug-likeness (QED) is 0.819. The molecule has 0 amide bonds. The van der Waals surface area contributed by atoms with E-state index in [1.807, 2.05) is 6.07 Å². The van der Waals surface area contributed by atoms with Gasteiger partial charge in [-0.2, -0.15) is 0 Å². The van der Waals surface area contributed by atoms with Gasteiger partial charge in [0, 0.05) is 23.9 Å². The van der Waals surface area contributed by atoms with E-state index < -0.39 is 0 Å². The summed E-state index contributed by atoms with van der Waals surface area (Å²) in [5.74, 6) is 0.338. The topological polar surface area (TPSA) is 21.3 Å². The molecule has 0 radical (unpaired) electrons. The molecule has 0 heterocycles. The van der Waals surface area contributed by atoms with E-state index in [1.165, 1.54) is 6.07 Å². The van der Waals surface area contributed by atoms with Gasteiger partial charge in [-0.1, -0.05) is 20.8 Å². The van der Waals surface area contributed by atoms with Crippen molar-refractivity contribution >= 4 is 15.9 Å². The molecule has 1 aliphatic rings. The van der Waals surface area contributed by atoms with Crippen LogP contribution in [-0.2, 0) is 0 Å². The first-order valence-corrected chi connectivity index (χ1v) is 8.15. The van der Waals surface area contributed by atoms with Crippen LogP contribution in [0.2, 0.25) is 0 Å². The van der Waals surface area contributed by atoms with Gasteiger partial charge in [0.15, 0.2) is 0 Å². The lowest BCUT2D eigenvalue weighted by Gasteiger charge is -2.53. The Kier molecular flexibility index (Phi) is 5.08. The molecule has 1 aliphatic carbocycles. The van der Waals surface area contributed by atoms with Crippen molar-refractivity contribution in [2.24, 2.45) is 5.41 Å². The Bertz CT molecular complexity index is 468. The summed E-state index contributed by atoms with van der Waals surface area (Å²) in [6, 6.07) is 5.46. The molecular weight excluding hydrogens is 321 g/mol.